The third-order valence-corrected chi connectivity index (χ3v) is 2.83. The summed E-state index contributed by atoms with van der Waals surface area (Å²) in [5.74, 6) is 5.04. The fourth-order valence-electron chi connectivity index (χ4n) is 2.13. The van der Waals surface area contributed by atoms with Crippen LogP contribution in [0.15, 0.2) is 24.3 Å². The van der Waals surface area contributed by atoms with Crippen LogP contribution in [0.5, 0.6) is 0 Å². The molecule has 0 spiro atoms. The van der Waals surface area contributed by atoms with E-state index in [9.17, 15) is 4.79 Å². The number of hydrazine groups is 1. The van der Waals surface area contributed by atoms with Gasteiger partial charge in [-0.3, -0.25) is 10.2 Å². The van der Waals surface area contributed by atoms with Gasteiger partial charge in [-0.1, -0.05) is 24.3 Å². The average molecular weight is 190 g/mol. The molecule has 74 valence electrons. The monoisotopic (exact) mass is 190 g/mol. The zero-order valence-electron chi connectivity index (χ0n) is 7.99. The van der Waals surface area contributed by atoms with Crippen molar-refractivity contribution in [2.45, 2.75) is 25.2 Å². The molecular weight excluding hydrogens is 176 g/mol. The quantitative estimate of drug-likeness (QED) is 0.396. The van der Waals surface area contributed by atoms with Crippen LogP contribution in [-0.2, 0) is 11.2 Å². The average Bonchev–Trinajstić information content (AvgIpc) is 2.27. The molecular formula is C11H14N2O. The molecule has 3 heteroatoms. The topological polar surface area (TPSA) is 55.1 Å². The van der Waals surface area contributed by atoms with Crippen LogP contribution >= 0.6 is 0 Å². The van der Waals surface area contributed by atoms with Gasteiger partial charge in [0, 0.05) is 0 Å². The van der Waals surface area contributed by atoms with Crippen LogP contribution in [-0.4, -0.2) is 5.91 Å². The Morgan fingerprint density at radius 1 is 1.43 bits per heavy atom. The SMILES string of the molecule is NNC(=O)[C@H]1CCCc2ccccc21. The Kier molecular flexibility index (Phi) is 2.50. The first kappa shape index (κ1) is 9.21. The van der Waals surface area contributed by atoms with E-state index in [-0.39, 0.29) is 11.8 Å². The molecule has 1 aliphatic rings. The van der Waals surface area contributed by atoms with Crippen LogP contribution in [0.2, 0.25) is 0 Å². The number of hydrogen-bond donors (Lipinski definition) is 2. The van der Waals surface area contributed by atoms with Gasteiger partial charge < -0.3 is 0 Å². The normalized spacial score (nSPS) is 19.9. The number of benzene rings is 1. The summed E-state index contributed by atoms with van der Waals surface area (Å²) in [7, 11) is 0. The van der Waals surface area contributed by atoms with Crippen molar-refractivity contribution in [2.75, 3.05) is 0 Å². The van der Waals surface area contributed by atoms with Gasteiger partial charge in [0.15, 0.2) is 0 Å². The molecule has 0 saturated heterocycles. The molecule has 2 rings (SSSR count). The van der Waals surface area contributed by atoms with Crippen molar-refractivity contribution in [1.82, 2.24) is 5.43 Å². The molecule has 1 amide bonds. The summed E-state index contributed by atoms with van der Waals surface area (Å²) in [6, 6.07) is 8.10. The fraction of sp³-hybridized carbons (Fsp3) is 0.364. The van der Waals surface area contributed by atoms with Gasteiger partial charge in [-0.2, -0.15) is 0 Å². The number of nitrogens with two attached hydrogens (primary N) is 1. The van der Waals surface area contributed by atoms with E-state index in [1.165, 1.54) is 5.56 Å². The second-order valence-corrected chi connectivity index (χ2v) is 3.65. The lowest BCUT2D eigenvalue weighted by atomic mass is 9.82. The van der Waals surface area contributed by atoms with E-state index in [1.807, 2.05) is 18.2 Å². The molecule has 3 N–H and O–H groups in total. The van der Waals surface area contributed by atoms with E-state index in [4.69, 9.17) is 5.84 Å². The van der Waals surface area contributed by atoms with Gasteiger partial charge in [-0.15, -0.1) is 0 Å². The summed E-state index contributed by atoms with van der Waals surface area (Å²) in [5, 5.41) is 0. The Morgan fingerprint density at radius 2 is 2.21 bits per heavy atom. The maximum absolute atomic E-state index is 11.5. The fourth-order valence-corrected chi connectivity index (χ4v) is 2.13. The molecule has 0 aliphatic heterocycles. The predicted molar refractivity (Wildman–Crippen MR) is 54.5 cm³/mol. The lowest BCUT2D eigenvalue weighted by Crippen LogP contribution is -2.36. The summed E-state index contributed by atoms with van der Waals surface area (Å²) in [5.41, 5.74) is 4.66. The van der Waals surface area contributed by atoms with E-state index in [0.29, 0.717) is 0 Å². The van der Waals surface area contributed by atoms with Crippen LogP contribution in [0.3, 0.4) is 0 Å². The molecule has 14 heavy (non-hydrogen) atoms. The number of carbonyl (C=O) groups is 1. The summed E-state index contributed by atoms with van der Waals surface area (Å²) >= 11 is 0. The first-order chi connectivity index (χ1) is 6.83. The Balaban J connectivity index is 2.35. The summed E-state index contributed by atoms with van der Waals surface area (Å²) in [6.45, 7) is 0. The van der Waals surface area contributed by atoms with Crippen molar-refractivity contribution < 1.29 is 4.79 Å². The highest BCUT2D eigenvalue weighted by Crippen LogP contribution is 2.31. The second kappa shape index (κ2) is 3.80. The number of nitrogens with one attached hydrogen (secondary N) is 1. The minimum atomic E-state index is -0.0721. The number of amides is 1. The van der Waals surface area contributed by atoms with Gasteiger partial charge in [-0.25, -0.2) is 5.84 Å². The van der Waals surface area contributed by atoms with Crippen LogP contribution < -0.4 is 11.3 Å². The zero-order chi connectivity index (χ0) is 9.97. The van der Waals surface area contributed by atoms with Crippen LogP contribution in [0.25, 0.3) is 0 Å². The number of carbonyl (C=O) groups excluding carboxylic acids is 1. The first-order valence-corrected chi connectivity index (χ1v) is 4.91. The van der Waals surface area contributed by atoms with Gasteiger partial charge >= 0.3 is 0 Å². The van der Waals surface area contributed by atoms with E-state index < -0.39 is 0 Å². The lowest BCUT2D eigenvalue weighted by Gasteiger charge is -2.23. The molecule has 0 unspecified atom stereocenters. The molecule has 0 saturated carbocycles. The Bertz CT molecular complexity index is 349. The number of hydrogen-bond acceptors (Lipinski definition) is 2. The van der Waals surface area contributed by atoms with Crippen LogP contribution in [0.4, 0.5) is 0 Å². The highest BCUT2D eigenvalue weighted by atomic mass is 16.2. The highest BCUT2D eigenvalue weighted by molar-refractivity contribution is 5.83. The minimum absolute atomic E-state index is 0.0510. The molecule has 3 nitrogen and oxygen atoms in total. The highest BCUT2D eigenvalue weighted by Gasteiger charge is 2.25. The van der Waals surface area contributed by atoms with Crippen LogP contribution in [0.1, 0.15) is 29.9 Å². The number of aryl methyl sites for hydroxylation is 1. The maximum atomic E-state index is 11.5. The van der Waals surface area contributed by atoms with Crippen molar-refractivity contribution in [3.8, 4) is 0 Å². The van der Waals surface area contributed by atoms with Gasteiger partial charge in [0.1, 0.15) is 0 Å². The summed E-state index contributed by atoms with van der Waals surface area (Å²) in [4.78, 5) is 11.5. The van der Waals surface area contributed by atoms with Crippen molar-refractivity contribution >= 4 is 5.91 Å². The van der Waals surface area contributed by atoms with Crippen molar-refractivity contribution in [3.05, 3.63) is 35.4 Å². The van der Waals surface area contributed by atoms with E-state index in [0.717, 1.165) is 24.8 Å². The summed E-state index contributed by atoms with van der Waals surface area (Å²) < 4.78 is 0. The number of rotatable bonds is 1. The molecule has 0 radical (unpaired) electrons. The van der Waals surface area contributed by atoms with E-state index in [2.05, 4.69) is 11.5 Å². The molecule has 1 aliphatic carbocycles. The standard InChI is InChI=1S/C11H14N2O/c12-13-11(14)10-7-3-5-8-4-1-2-6-9(8)10/h1-2,4,6,10H,3,5,7,12H2,(H,13,14)/t10-/m0/s1. The predicted octanol–water partition coefficient (Wildman–Crippen LogP) is 1.10. The second-order valence-electron chi connectivity index (χ2n) is 3.65. The van der Waals surface area contributed by atoms with Gasteiger partial charge in [-0.05, 0) is 30.4 Å². The molecule has 0 aromatic heterocycles. The molecule has 0 bridgehead atoms. The Hall–Kier alpha value is -1.35. The van der Waals surface area contributed by atoms with Crippen LogP contribution in [0, 0.1) is 0 Å². The smallest absolute Gasteiger partial charge is 0.241 e. The van der Waals surface area contributed by atoms with Gasteiger partial charge in [0.2, 0.25) is 5.91 Å². The van der Waals surface area contributed by atoms with Crippen molar-refractivity contribution in [1.29, 1.82) is 0 Å². The molecule has 0 fully saturated rings. The largest absolute Gasteiger partial charge is 0.294 e. The molecule has 0 heterocycles. The zero-order valence-corrected chi connectivity index (χ0v) is 7.99. The number of fused-ring (bicyclic) bond motifs is 1. The van der Waals surface area contributed by atoms with Gasteiger partial charge in [0.05, 0.1) is 5.92 Å². The molecule has 1 aromatic carbocycles. The Labute approximate surface area is 83.3 Å². The van der Waals surface area contributed by atoms with E-state index >= 15 is 0 Å². The van der Waals surface area contributed by atoms with Crippen molar-refractivity contribution in [3.63, 3.8) is 0 Å². The minimum Gasteiger partial charge on any atom is -0.294 e. The lowest BCUT2D eigenvalue weighted by molar-refractivity contribution is -0.122. The maximum Gasteiger partial charge on any atom is 0.241 e. The molecule has 1 aromatic rings. The third-order valence-electron chi connectivity index (χ3n) is 2.83. The summed E-state index contributed by atoms with van der Waals surface area (Å²) in [6.07, 6.45) is 3.04. The molecule has 1 atom stereocenters. The first-order valence-electron chi connectivity index (χ1n) is 4.91. The van der Waals surface area contributed by atoms with E-state index in [1.54, 1.807) is 0 Å². The Morgan fingerprint density at radius 3 is 3.00 bits per heavy atom. The van der Waals surface area contributed by atoms with Gasteiger partial charge in [0.25, 0.3) is 0 Å². The third kappa shape index (κ3) is 1.51. The van der Waals surface area contributed by atoms with Crippen molar-refractivity contribution in [2.24, 2.45) is 5.84 Å².